The van der Waals surface area contributed by atoms with Crippen molar-refractivity contribution in [1.82, 2.24) is 34.4 Å². The average Bonchev–Trinajstić information content (AvgIpc) is 3.71. The third-order valence-corrected chi connectivity index (χ3v) is 12.7. The Balaban J connectivity index is 0.887. The van der Waals surface area contributed by atoms with Gasteiger partial charge in [-0.05, 0) is 56.4 Å². The van der Waals surface area contributed by atoms with Crippen molar-refractivity contribution in [2.24, 2.45) is 18.9 Å². The largest absolute Gasteiger partial charge is 0.349 e. The molecule has 57 heavy (non-hydrogen) atoms. The number of rotatable bonds is 9. The van der Waals surface area contributed by atoms with E-state index in [0.717, 1.165) is 55.6 Å². The fraction of sp³-hybridized carbons (Fsp3) is 0.463. The molecule has 3 aliphatic carbocycles. The van der Waals surface area contributed by atoms with E-state index in [2.05, 4.69) is 34.8 Å². The molecule has 4 heterocycles. The molecule has 3 saturated carbocycles. The number of piperidine rings is 1. The standard InChI is InChI=1S/C41H46ClF2N9O4/c1-24-31(22-52(48-24)23-34(54)47-41-18-25(19-41)20-41)28-7-8-30(36(44)35(28)43)33-21-45-37(49(33)2)38(55)46-27-5-6-29(32(42)17-27)40(57)51-13-11-50(12-14-51)39(56)26-9-15-53(3,4)16-10-26/h5-8,17,21-22,25-26H,9-16,18-20,23H2,1-4H3,(H-,46,47,54,55,57)/p+1. The second kappa shape index (κ2) is 14.7. The van der Waals surface area contributed by atoms with E-state index in [0.29, 0.717) is 43.1 Å². The molecule has 300 valence electrons. The van der Waals surface area contributed by atoms with Gasteiger partial charge >= 0.3 is 0 Å². The van der Waals surface area contributed by atoms with Crippen LogP contribution in [-0.2, 0) is 23.2 Å². The number of nitrogens with zero attached hydrogens (tertiary/aromatic N) is 7. The average molecular weight is 803 g/mol. The van der Waals surface area contributed by atoms with E-state index >= 15 is 8.78 Å². The fourth-order valence-electron chi connectivity index (χ4n) is 8.83. The predicted octanol–water partition coefficient (Wildman–Crippen LogP) is 4.88. The van der Waals surface area contributed by atoms with E-state index in [1.165, 1.54) is 46.9 Å². The molecule has 16 heteroatoms. The van der Waals surface area contributed by atoms with E-state index in [4.69, 9.17) is 11.6 Å². The van der Waals surface area contributed by atoms with E-state index in [1.54, 1.807) is 24.0 Å². The fourth-order valence-corrected chi connectivity index (χ4v) is 9.09. The molecule has 0 radical (unpaired) electrons. The van der Waals surface area contributed by atoms with Gasteiger partial charge in [0.05, 0.1) is 55.4 Å². The Morgan fingerprint density at radius 2 is 1.58 bits per heavy atom. The molecule has 4 aromatic rings. The van der Waals surface area contributed by atoms with Gasteiger partial charge in [0.1, 0.15) is 6.54 Å². The van der Waals surface area contributed by atoms with E-state index in [-0.39, 0.29) is 69.0 Å². The number of carbonyl (C=O) groups is 4. The number of nitrogens with one attached hydrogen (secondary N) is 2. The zero-order valence-corrected chi connectivity index (χ0v) is 33.3. The molecule has 0 atom stereocenters. The summed E-state index contributed by atoms with van der Waals surface area (Å²) in [4.78, 5) is 60.3. The van der Waals surface area contributed by atoms with E-state index in [9.17, 15) is 19.2 Å². The first kappa shape index (κ1) is 38.7. The molecule has 2 saturated heterocycles. The third-order valence-electron chi connectivity index (χ3n) is 12.4. The molecular formula is C41H47ClF2N9O4+. The molecule has 0 spiro atoms. The first-order chi connectivity index (χ1) is 27.1. The second-order valence-corrected chi connectivity index (χ2v) is 17.3. The number of hydrogen-bond acceptors (Lipinski definition) is 6. The maximum Gasteiger partial charge on any atom is 0.291 e. The smallest absolute Gasteiger partial charge is 0.291 e. The topological polar surface area (TPSA) is 134 Å². The Bertz CT molecular complexity index is 2270. The normalized spacial score (nSPS) is 21.4. The van der Waals surface area contributed by atoms with Gasteiger partial charge in [0.15, 0.2) is 17.5 Å². The lowest BCUT2D eigenvalue weighted by Crippen LogP contribution is -2.68. The van der Waals surface area contributed by atoms with Crippen molar-refractivity contribution in [2.45, 2.75) is 51.1 Å². The molecule has 9 rings (SSSR count). The number of halogens is 3. The van der Waals surface area contributed by atoms with Crippen molar-refractivity contribution in [3.8, 4) is 22.4 Å². The van der Waals surface area contributed by atoms with Crippen LogP contribution >= 0.6 is 11.6 Å². The number of piperazine rings is 1. The second-order valence-electron chi connectivity index (χ2n) is 16.9. The van der Waals surface area contributed by atoms with Crippen LogP contribution < -0.4 is 10.6 Å². The molecular weight excluding hydrogens is 756 g/mol. The molecule has 5 aliphatic rings. The third kappa shape index (κ3) is 7.42. The van der Waals surface area contributed by atoms with Crippen LogP contribution in [0.3, 0.4) is 0 Å². The van der Waals surface area contributed by atoms with Gasteiger partial charge < -0.3 is 29.5 Å². The number of hydrogen-bond donors (Lipinski definition) is 2. The lowest BCUT2D eigenvalue weighted by molar-refractivity contribution is -0.895. The highest BCUT2D eigenvalue weighted by Gasteiger charge is 2.57. The highest BCUT2D eigenvalue weighted by atomic mass is 35.5. The molecule has 2 aromatic heterocycles. The van der Waals surface area contributed by atoms with Crippen LogP contribution in [0.4, 0.5) is 14.5 Å². The zero-order chi connectivity index (χ0) is 40.4. The van der Waals surface area contributed by atoms with Gasteiger partial charge in [0, 0.05) is 86.1 Å². The van der Waals surface area contributed by atoms with Gasteiger partial charge in [0.2, 0.25) is 11.8 Å². The number of quaternary nitrogens is 1. The summed E-state index contributed by atoms with van der Waals surface area (Å²) >= 11 is 6.56. The minimum Gasteiger partial charge on any atom is -0.349 e. The lowest BCUT2D eigenvalue weighted by Gasteiger charge is -2.61. The Labute approximate surface area is 334 Å². The van der Waals surface area contributed by atoms with Crippen molar-refractivity contribution in [3.05, 3.63) is 76.5 Å². The van der Waals surface area contributed by atoms with Crippen molar-refractivity contribution in [3.63, 3.8) is 0 Å². The maximum absolute atomic E-state index is 15.7. The summed E-state index contributed by atoms with van der Waals surface area (Å²) in [5.74, 6) is -2.41. The Morgan fingerprint density at radius 1 is 0.930 bits per heavy atom. The summed E-state index contributed by atoms with van der Waals surface area (Å²) in [6.07, 6.45) is 7.61. The Hall–Kier alpha value is -5.15. The number of carbonyl (C=O) groups excluding carboxylic acids is 4. The lowest BCUT2D eigenvalue weighted by atomic mass is 9.50. The predicted molar refractivity (Wildman–Crippen MR) is 209 cm³/mol. The minimum absolute atomic E-state index is 0.00505. The first-order valence-electron chi connectivity index (χ1n) is 19.5. The van der Waals surface area contributed by atoms with Crippen LogP contribution in [0.5, 0.6) is 0 Å². The summed E-state index contributed by atoms with van der Waals surface area (Å²) in [7, 11) is 5.89. The van der Waals surface area contributed by atoms with Crippen molar-refractivity contribution in [1.29, 1.82) is 0 Å². The summed E-state index contributed by atoms with van der Waals surface area (Å²) in [5.41, 5.74) is 1.39. The van der Waals surface area contributed by atoms with E-state index < -0.39 is 17.5 Å². The number of likely N-dealkylation sites (tertiary alicyclic amines) is 1. The molecule has 2 aromatic carbocycles. The molecule has 5 fully saturated rings. The molecule has 13 nitrogen and oxygen atoms in total. The van der Waals surface area contributed by atoms with Crippen LogP contribution in [0, 0.1) is 30.4 Å². The number of aromatic nitrogens is 4. The number of benzene rings is 2. The van der Waals surface area contributed by atoms with Crippen LogP contribution in [0.25, 0.3) is 22.4 Å². The molecule has 4 amide bonds. The molecule has 2 N–H and O–H groups in total. The van der Waals surface area contributed by atoms with Gasteiger partial charge in [-0.1, -0.05) is 17.7 Å². The quantitative estimate of drug-likeness (QED) is 0.232. The molecule has 2 bridgehead atoms. The summed E-state index contributed by atoms with van der Waals surface area (Å²) < 4.78 is 35.1. The van der Waals surface area contributed by atoms with Gasteiger partial charge in [0.25, 0.3) is 11.8 Å². The highest BCUT2D eigenvalue weighted by Crippen LogP contribution is 2.56. The van der Waals surface area contributed by atoms with Gasteiger partial charge in [-0.3, -0.25) is 23.9 Å². The Kier molecular flexibility index (Phi) is 9.95. The van der Waals surface area contributed by atoms with Gasteiger partial charge in [-0.25, -0.2) is 13.8 Å². The zero-order valence-electron chi connectivity index (χ0n) is 32.6. The summed E-state index contributed by atoms with van der Waals surface area (Å²) in [5, 5.41) is 10.3. The van der Waals surface area contributed by atoms with Crippen molar-refractivity contribution < 1.29 is 32.4 Å². The summed E-state index contributed by atoms with van der Waals surface area (Å²) in [6, 6.07) is 7.44. The Morgan fingerprint density at radius 3 is 2.23 bits per heavy atom. The SMILES string of the molecule is Cc1nn(CC(=O)NC23CC(C2)C3)cc1-c1ccc(-c2cnc(C(=O)Nc3ccc(C(=O)N4CCN(C(=O)C5CC[N+](C)(C)CC5)CC4)c(Cl)c3)n2C)c(F)c1F. The monoisotopic (exact) mass is 802 g/mol. The van der Waals surface area contributed by atoms with Crippen LogP contribution in [-0.4, -0.2) is 116 Å². The molecule has 2 aliphatic heterocycles. The number of anilines is 1. The summed E-state index contributed by atoms with van der Waals surface area (Å²) in [6.45, 7) is 5.32. The van der Waals surface area contributed by atoms with Crippen LogP contribution in [0.2, 0.25) is 5.02 Å². The number of amides is 4. The van der Waals surface area contributed by atoms with Crippen molar-refractivity contribution in [2.75, 3.05) is 58.7 Å². The van der Waals surface area contributed by atoms with Crippen LogP contribution in [0.15, 0.2) is 42.7 Å². The van der Waals surface area contributed by atoms with E-state index in [1.807, 2.05) is 4.90 Å². The van der Waals surface area contributed by atoms with Crippen molar-refractivity contribution >= 4 is 40.9 Å². The van der Waals surface area contributed by atoms with Gasteiger partial charge in [-0.2, -0.15) is 5.10 Å². The van der Waals surface area contributed by atoms with Gasteiger partial charge in [-0.15, -0.1) is 0 Å². The first-order valence-corrected chi connectivity index (χ1v) is 19.8. The minimum atomic E-state index is -1.12. The highest BCUT2D eigenvalue weighted by molar-refractivity contribution is 6.34. The van der Waals surface area contributed by atoms with Crippen LogP contribution in [0.1, 0.15) is 58.8 Å². The maximum atomic E-state index is 15.7. The molecule has 0 unspecified atom stereocenters. The number of imidazole rings is 1. The number of aryl methyl sites for hydroxylation is 1.